The molecule has 0 saturated heterocycles. The van der Waals surface area contributed by atoms with Gasteiger partial charge in [-0.15, -0.1) is 32.3 Å². The normalized spacial score (nSPS) is 17.1. The van der Waals surface area contributed by atoms with Gasteiger partial charge in [0.1, 0.15) is 0 Å². The molecule has 5 heteroatoms. The summed E-state index contributed by atoms with van der Waals surface area (Å²) in [5.74, 6) is 1.27. The van der Waals surface area contributed by atoms with Gasteiger partial charge in [0.2, 0.25) is 0 Å². The van der Waals surface area contributed by atoms with E-state index in [0.29, 0.717) is 0 Å². The Balaban J connectivity index is 3.36. The van der Waals surface area contributed by atoms with Gasteiger partial charge in [0.05, 0.1) is 0 Å². The van der Waals surface area contributed by atoms with Crippen molar-refractivity contribution in [1.29, 1.82) is 0 Å². The van der Waals surface area contributed by atoms with E-state index in [2.05, 4.69) is 43.0 Å². The van der Waals surface area contributed by atoms with E-state index in [0.717, 1.165) is 0 Å². The minimum Gasteiger partial charge on any atom is -0.149 e. The zero-order chi connectivity index (χ0) is 8.20. The molecular weight excluding hydrogens is 216 g/mol. The molecule has 0 nitrogen and oxygen atoms in total. The molecule has 1 unspecified atom stereocenters. The van der Waals surface area contributed by atoms with Crippen molar-refractivity contribution in [2.75, 3.05) is 5.75 Å². The lowest BCUT2D eigenvalue weighted by Crippen LogP contribution is -2.20. The van der Waals surface area contributed by atoms with E-state index >= 15 is 0 Å². The van der Waals surface area contributed by atoms with Crippen molar-refractivity contribution in [2.24, 2.45) is 0 Å². The quantitative estimate of drug-likeness (QED) is 0.378. The van der Waals surface area contributed by atoms with Crippen LogP contribution in [0.3, 0.4) is 0 Å². The van der Waals surface area contributed by atoms with Gasteiger partial charge < -0.3 is 0 Å². The van der Waals surface area contributed by atoms with Crippen LogP contribution in [-0.4, -0.2) is 13.8 Å². The fourth-order valence-electron chi connectivity index (χ4n) is 0.472. The average Bonchev–Trinajstić information content (AvgIpc) is 1.81. The molecule has 0 heterocycles. The minimum atomic E-state index is -0.816. The first-order chi connectivity index (χ1) is 4.45. The molecule has 0 rings (SSSR count). The van der Waals surface area contributed by atoms with Crippen LogP contribution in [0.2, 0.25) is 25.7 Å². The van der Waals surface area contributed by atoms with Gasteiger partial charge in [0.15, 0.2) is 0 Å². The molecule has 0 spiro atoms. The summed E-state index contributed by atoms with van der Waals surface area (Å²) in [6.07, 6.45) is 0. The Morgan fingerprint density at radius 3 is 2.20 bits per heavy atom. The van der Waals surface area contributed by atoms with Crippen LogP contribution in [0.15, 0.2) is 0 Å². The molecule has 0 aromatic rings. The number of hydrogen-bond acceptors (Lipinski definition) is 3. The molecule has 10 heavy (non-hydrogen) atoms. The van der Waals surface area contributed by atoms with Crippen LogP contribution in [0.4, 0.5) is 0 Å². The van der Waals surface area contributed by atoms with Crippen molar-refractivity contribution in [1.82, 2.24) is 0 Å². The van der Waals surface area contributed by atoms with Crippen LogP contribution >= 0.6 is 42.1 Å². The highest BCUT2D eigenvalue weighted by Gasteiger charge is 2.13. The smallest absolute Gasteiger partial charge is 0.0450 e. The third-order valence-electron chi connectivity index (χ3n) is 1.15. The molecule has 0 saturated carbocycles. The molecule has 64 valence electrons. The summed E-state index contributed by atoms with van der Waals surface area (Å²) >= 11 is 8.55. The molecule has 0 radical (unpaired) electrons. The first-order valence-corrected chi connectivity index (χ1v) is 12.1. The standard InChI is InChI=1S/C5H16S4Si/c1-10(2,3)5-4-9(7)8-6/h6-7,9H,4-5H2,1-3H3. The Morgan fingerprint density at radius 2 is 1.90 bits per heavy atom. The highest BCUT2D eigenvalue weighted by Crippen LogP contribution is 2.47. The van der Waals surface area contributed by atoms with Crippen LogP contribution in [0.25, 0.3) is 0 Å². The second-order valence-corrected chi connectivity index (χ2v) is 15.9. The van der Waals surface area contributed by atoms with Crippen molar-refractivity contribution in [3.8, 4) is 0 Å². The summed E-state index contributed by atoms with van der Waals surface area (Å²) in [6, 6.07) is 1.38. The van der Waals surface area contributed by atoms with Crippen molar-refractivity contribution in [3.63, 3.8) is 0 Å². The third-order valence-corrected chi connectivity index (χ3v) is 9.49. The average molecular weight is 233 g/mol. The SMILES string of the molecule is C[Si](C)(C)CC[SH](S)SS. The van der Waals surface area contributed by atoms with Crippen LogP contribution in [0, 0.1) is 0 Å². The molecule has 0 aliphatic carbocycles. The van der Waals surface area contributed by atoms with Gasteiger partial charge in [-0.05, 0) is 21.6 Å². The van der Waals surface area contributed by atoms with E-state index in [9.17, 15) is 0 Å². The molecule has 0 amide bonds. The van der Waals surface area contributed by atoms with Crippen LogP contribution in [0.1, 0.15) is 0 Å². The number of thiol groups is 3. The monoisotopic (exact) mass is 232 g/mol. The molecule has 0 bridgehead atoms. The highest BCUT2D eigenvalue weighted by atomic mass is 33.7. The van der Waals surface area contributed by atoms with Gasteiger partial charge in [-0.25, -0.2) is 0 Å². The summed E-state index contributed by atoms with van der Waals surface area (Å²) in [6.45, 7) is 7.19. The Morgan fingerprint density at radius 1 is 1.40 bits per heavy atom. The topological polar surface area (TPSA) is 0 Å². The second-order valence-electron chi connectivity index (χ2n) is 3.47. The Bertz CT molecular complexity index is 90.1. The van der Waals surface area contributed by atoms with E-state index in [1.165, 1.54) is 11.8 Å². The maximum atomic E-state index is 4.42. The lowest BCUT2D eigenvalue weighted by molar-refractivity contribution is 1.38. The fourth-order valence-corrected chi connectivity index (χ4v) is 6.70. The van der Waals surface area contributed by atoms with Gasteiger partial charge in [-0.3, -0.25) is 0 Å². The zero-order valence-electron chi connectivity index (χ0n) is 6.66. The van der Waals surface area contributed by atoms with Gasteiger partial charge in [0.25, 0.3) is 0 Å². The zero-order valence-corrected chi connectivity index (χ0v) is 11.2. The first-order valence-electron chi connectivity index (χ1n) is 3.23. The van der Waals surface area contributed by atoms with E-state index in [-0.39, 0.29) is 8.96 Å². The van der Waals surface area contributed by atoms with E-state index in [1.807, 2.05) is 0 Å². The predicted molar refractivity (Wildman–Crippen MR) is 67.6 cm³/mol. The highest BCUT2D eigenvalue weighted by molar-refractivity contribution is 9.27. The van der Waals surface area contributed by atoms with E-state index in [1.54, 1.807) is 9.83 Å². The Labute approximate surface area is 81.3 Å². The minimum absolute atomic E-state index is 0.133. The third kappa shape index (κ3) is 7.72. The molecule has 1 atom stereocenters. The molecule has 0 aliphatic heterocycles. The van der Waals surface area contributed by atoms with Crippen LogP contribution in [0.5, 0.6) is 0 Å². The summed E-state index contributed by atoms with van der Waals surface area (Å²) in [7, 11) is 0.662. The van der Waals surface area contributed by atoms with Crippen LogP contribution < -0.4 is 0 Å². The van der Waals surface area contributed by atoms with Crippen molar-refractivity contribution in [3.05, 3.63) is 0 Å². The largest absolute Gasteiger partial charge is 0.149 e. The number of rotatable bonds is 4. The Hall–Kier alpha value is 1.62. The van der Waals surface area contributed by atoms with Gasteiger partial charge in [0, 0.05) is 8.07 Å². The molecule has 0 aromatic carbocycles. The molecule has 0 N–H and O–H groups in total. The maximum absolute atomic E-state index is 4.42. The van der Waals surface area contributed by atoms with E-state index in [4.69, 9.17) is 0 Å². The molecule has 0 aromatic heterocycles. The number of hydrogen-bond donors (Lipinski definition) is 3. The molecule has 0 aliphatic rings. The van der Waals surface area contributed by atoms with E-state index < -0.39 is 8.07 Å². The molecule has 0 fully saturated rings. The summed E-state index contributed by atoms with van der Waals surface area (Å²) in [4.78, 5) is 0. The van der Waals surface area contributed by atoms with Gasteiger partial charge in [-0.1, -0.05) is 19.6 Å². The molecular formula is C5H16S4Si. The lowest BCUT2D eigenvalue weighted by Gasteiger charge is -2.18. The van der Waals surface area contributed by atoms with Crippen molar-refractivity contribution < 1.29 is 0 Å². The van der Waals surface area contributed by atoms with Gasteiger partial charge in [-0.2, -0.15) is 0 Å². The fraction of sp³-hybridized carbons (Fsp3) is 1.00. The van der Waals surface area contributed by atoms with Crippen molar-refractivity contribution >= 4 is 50.2 Å². The summed E-state index contributed by atoms with van der Waals surface area (Å²) in [5.41, 5.74) is 0. The Kier molecular flexibility index (Phi) is 6.15. The maximum Gasteiger partial charge on any atom is 0.0450 e. The van der Waals surface area contributed by atoms with Crippen molar-refractivity contribution in [2.45, 2.75) is 25.7 Å². The van der Waals surface area contributed by atoms with Crippen LogP contribution in [-0.2, 0) is 0 Å². The lowest BCUT2D eigenvalue weighted by atomic mass is 11.0. The first kappa shape index (κ1) is 11.6. The predicted octanol–water partition coefficient (Wildman–Crippen LogP) is 3.66. The second kappa shape index (κ2) is 5.30. The summed E-state index contributed by atoms with van der Waals surface area (Å²) in [5, 5.41) is 0. The van der Waals surface area contributed by atoms with Gasteiger partial charge >= 0.3 is 0 Å². The summed E-state index contributed by atoms with van der Waals surface area (Å²) < 4.78 is 0.